The average Bonchev–Trinajstić information content (AvgIpc) is 3.57. The molecule has 3 aromatic carbocycles. The second-order valence-electron chi connectivity index (χ2n) is 9.00. The minimum atomic E-state index is -3.75. The van der Waals surface area contributed by atoms with Crippen molar-refractivity contribution in [3.8, 4) is 5.75 Å². The average molecular weight is 452 g/mol. The summed E-state index contributed by atoms with van der Waals surface area (Å²) in [6.07, 6.45) is 0.127. The first-order valence-electron chi connectivity index (χ1n) is 10.8. The van der Waals surface area contributed by atoms with Crippen molar-refractivity contribution in [1.82, 2.24) is 0 Å². The maximum atomic E-state index is 13.8. The number of para-hydroxylation sites is 2. The van der Waals surface area contributed by atoms with Gasteiger partial charge in [-0.3, -0.25) is 0 Å². The summed E-state index contributed by atoms with van der Waals surface area (Å²) >= 11 is 0. The van der Waals surface area contributed by atoms with Crippen molar-refractivity contribution >= 4 is 21.4 Å². The molecule has 1 unspecified atom stereocenters. The van der Waals surface area contributed by atoms with Crippen LogP contribution in [0.3, 0.4) is 0 Å². The molecule has 1 saturated heterocycles. The lowest BCUT2D eigenvalue weighted by Crippen LogP contribution is -2.29. The molecule has 3 aromatic rings. The van der Waals surface area contributed by atoms with Crippen LogP contribution in [0.5, 0.6) is 5.75 Å². The molecule has 32 heavy (non-hydrogen) atoms. The van der Waals surface area contributed by atoms with Gasteiger partial charge in [0.15, 0.2) is 0 Å². The predicted molar refractivity (Wildman–Crippen MR) is 128 cm³/mol. The molecule has 0 amide bonds. The Morgan fingerprint density at radius 1 is 0.906 bits per heavy atom. The molecule has 5 nitrogen and oxygen atoms in total. The van der Waals surface area contributed by atoms with Gasteiger partial charge in [-0.05, 0) is 41.3 Å². The van der Waals surface area contributed by atoms with Gasteiger partial charge < -0.3 is 9.47 Å². The van der Waals surface area contributed by atoms with Crippen LogP contribution >= 0.6 is 0 Å². The number of hydrogen-bond donors (Lipinski definition) is 0. The van der Waals surface area contributed by atoms with Crippen LogP contribution in [0.1, 0.15) is 31.9 Å². The van der Waals surface area contributed by atoms with Crippen LogP contribution in [0.25, 0.3) is 0 Å². The molecule has 168 valence electrons. The summed E-state index contributed by atoms with van der Waals surface area (Å²) < 4.78 is 40.4. The molecule has 0 N–H and O–H groups in total. The van der Waals surface area contributed by atoms with Crippen molar-refractivity contribution < 1.29 is 17.9 Å². The van der Waals surface area contributed by atoms with Gasteiger partial charge in [-0.15, -0.1) is 0 Å². The lowest BCUT2D eigenvalue weighted by molar-refractivity contribution is 0.258. The standard InChI is InChI=1S/C26H29NO4S/c1-26(2,3)25-20(11-10-16-24(25)31-18-23-17-30-23)19-32(28,29)27(21-12-6-4-7-13-21)22-14-8-5-9-15-22/h4-16,23H,17-19H2,1-3H3. The smallest absolute Gasteiger partial charge is 0.243 e. The highest BCUT2D eigenvalue weighted by molar-refractivity contribution is 7.92. The van der Waals surface area contributed by atoms with Crippen LogP contribution in [0.15, 0.2) is 78.9 Å². The predicted octanol–water partition coefficient (Wildman–Crippen LogP) is 5.43. The number of benzene rings is 3. The second kappa shape index (κ2) is 8.96. The molecule has 1 fully saturated rings. The zero-order valence-electron chi connectivity index (χ0n) is 18.7. The molecule has 1 aliphatic heterocycles. The number of nitrogens with zero attached hydrogens (tertiary/aromatic N) is 1. The first-order chi connectivity index (χ1) is 15.3. The summed E-state index contributed by atoms with van der Waals surface area (Å²) in [5.74, 6) is 0.576. The maximum Gasteiger partial charge on any atom is 0.243 e. The Hall–Kier alpha value is -2.83. The molecule has 0 aromatic heterocycles. The van der Waals surface area contributed by atoms with Gasteiger partial charge >= 0.3 is 0 Å². The van der Waals surface area contributed by atoms with E-state index in [1.165, 1.54) is 4.31 Å². The van der Waals surface area contributed by atoms with Gasteiger partial charge in [0.25, 0.3) is 0 Å². The van der Waals surface area contributed by atoms with E-state index in [1.807, 2.05) is 78.9 Å². The van der Waals surface area contributed by atoms with Gasteiger partial charge in [0.1, 0.15) is 18.5 Å². The fraction of sp³-hybridized carbons (Fsp3) is 0.308. The number of anilines is 2. The van der Waals surface area contributed by atoms with Crippen molar-refractivity contribution in [3.05, 3.63) is 90.0 Å². The summed E-state index contributed by atoms with van der Waals surface area (Å²) in [4.78, 5) is 0. The molecule has 1 aliphatic rings. The number of rotatable bonds is 8. The molecule has 0 saturated carbocycles. The van der Waals surface area contributed by atoms with Crippen LogP contribution in [0, 0.1) is 0 Å². The Bertz CT molecular complexity index is 1110. The molecule has 1 heterocycles. The van der Waals surface area contributed by atoms with Crippen LogP contribution in [0.2, 0.25) is 0 Å². The highest BCUT2D eigenvalue weighted by Crippen LogP contribution is 2.37. The van der Waals surface area contributed by atoms with Crippen LogP contribution < -0.4 is 9.04 Å². The second-order valence-corrected chi connectivity index (χ2v) is 10.8. The number of epoxide rings is 1. The van der Waals surface area contributed by atoms with Crippen molar-refractivity contribution in [2.24, 2.45) is 0 Å². The van der Waals surface area contributed by atoms with Crippen molar-refractivity contribution in [2.45, 2.75) is 38.0 Å². The van der Waals surface area contributed by atoms with Crippen molar-refractivity contribution in [3.63, 3.8) is 0 Å². The zero-order chi connectivity index (χ0) is 22.8. The van der Waals surface area contributed by atoms with E-state index in [0.29, 0.717) is 30.3 Å². The maximum absolute atomic E-state index is 13.8. The van der Waals surface area contributed by atoms with Gasteiger partial charge in [0.05, 0.1) is 23.7 Å². The molecule has 6 heteroatoms. The summed E-state index contributed by atoms with van der Waals surface area (Å²) in [6.45, 7) is 7.41. The van der Waals surface area contributed by atoms with Crippen LogP contribution in [-0.4, -0.2) is 27.7 Å². The van der Waals surface area contributed by atoms with Gasteiger partial charge in [0, 0.05) is 5.56 Å². The number of sulfonamides is 1. The van der Waals surface area contributed by atoms with E-state index in [4.69, 9.17) is 9.47 Å². The first kappa shape index (κ1) is 22.4. The van der Waals surface area contributed by atoms with Gasteiger partial charge in [-0.1, -0.05) is 69.3 Å². The SMILES string of the molecule is CC(C)(C)c1c(CS(=O)(=O)N(c2ccccc2)c2ccccc2)cccc1OCC1CO1. The summed E-state index contributed by atoms with van der Waals surface area (Å²) in [7, 11) is -3.75. The summed E-state index contributed by atoms with van der Waals surface area (Å²) in [6, 6.07) is 24.0. The molecule has 4 rings (SSSR count). The highest BCUT2D eigenvalue weighted by Gasteiger charge is 2.31. The van der Waals surface area contributed by atoms with E-state index in [0.717, 1.165) is 11.1 Å². The topological polar surface area (TPSA) is 59.1 Å². The molecular formula is C26H29NO4S. The first-order valence-corrected chi connectivity index (χ1v) is 12.4. The Morgan fingerprint density at radius 3 is 1.97 bits per heavy atom. The summed E-state index contributed by atoms with van der Waals surface area (Å²) in [5.41, 5.74) is 2.56. The van der Waals surface area contributed by atoms with E-state index in [9.17, 15) is 8.42 Å². The fourth-order valence-electron chi connectivity index (χ4n) is 3.87. The van der Waals surface area contributed by atoms with Gasteiger partial charge in [-0.2, -0.15) is 0 Å². The van der Waals surface area contributed by atoms with Crippen LogP contribution in [0.4, 0.5) is 11.4 Å². The molecular weight excluding hydrogens is 422 g/mol. The van der Waals surface area contributed by atoms with Gasteiger partial charge in [-0.25, -0.2) is 12.7 Å². The van der Waals surface area contributed by atoms with Crippen molar-refractivity contribution in [1.29, 1.82) is 0 Å². The molecule has 0 radical (unpaired) electrons. The minimum Gasteiger partial charge on any atom is -0.490 e. The van der Waals surface area contributed by atoms with Crippen LogP contribution in [-0.2, 0) is 25.9 Å². The van der Waals surface area contributed by atoms with Gasteiger partial charge in [0.2, 0.25) is 10.0 Å². The Labute approximate surface area is 190 Å². The molecule has 0 spiro atoms. The Kier molecular flexibility index (Phi) is 6.26. The Balaban J connectivity index is 1.75. The quantitative estimate of drug-likeness (QED) is 0.429. The Morgan fingerprint density at radius 2 is 1.47 bits per heavy atom. The number of ether oxygens (including phenoxy) is 2. The summed E-state index contributed by atoms with van der Waals surface area (Å²) in [5, 5.41) is 0. The third-order valence-electron chi connectivity index (χ3n) is 5.29. The third-order valence-corrected chi connectivity index (χ3v) is 6.94. The van der Waals surface area contributed by atoms with Crippen molar-refractivity contribution in [2.75, 3.05) is 17.5 Å². The molecule has 0 aliphatic carbocycles. The lowest BCUT2D eigenvalue weighted by atomic mass is 9.83. The normalized spacial score (nSPS) is 15.9. The highest BCUT2D eigenvalue weighted by atomic mass is 32.2. The van der Waals surface area contributed by atoms with E-state index in [-0.39, 0.29) is 17.3 Å². The largest absolute Gasteiger partial charge is 0.490 e. The van der Waals surface area contributed by atoms with E-state index in [2.05, 4.69) is 20.8 Å². The fourth-order valence-corrected chi connectivity index (χ4v) is 5.52. The zero-order valence-corrected chi connectivity index (χ0v) is 19.5. The van der Waals surface area contributed by atoms with E-state index >= 15 is 0 Å². The minimum absolute atomic E-state index is 0.127. The van der Waals surface area contributed by atoms with E-state index < -0.39 is 10.0 Å². The monoisotopic (exact) mass is 451 g/mol. The molecule has 0 bridgehead atoms. The van der Waals surface area contributed by atoms with E-state index in [1.54, 1.807) is 0 Å². The molecule has 1 atom stereocenters. The third kappa shape index (κ3) is 5.14. The number of hydrogen-bond acceptors (Lipinski definition) is 4. The lowest BCUT2D eigenvalue weighted by Gasteiger charge is -2.29.